The maximum atomic E-state index is 12.1. The number of aryl methyl sites for hydroxylation is 1. The summed E-state index contributed by atoms with van der Waals surface area (Å²) < 4.78 is 13.0. The Labute approximate surface area is 193 Å². The molecular formula is C26H29N3O4. The summed E-state index contributed by atoms with van der Waals surface area (Å²) in [5.74, 6) is 1.53. The van der Waals surface area contributed by atoms with Crippen molar-refractivity contribution in [2.24, 2.45) is 4.99 Å². The highest BCUT2D eigenvalue weighted by atomic mass is 16.7. The Balaban J connectivity index is 1.73. The van der Waals surface area contributed by atoms with E-state index in [1.807, 2.05) is 47.9 Å². The molecule has 3 heterocycles. The quantitative estimate of drug-likeness (QED) is 0.468. The molecule has 0 amide bonds. The van der Waals surface area contributed by atoms with Crippen LogP contribution in [0.4, 0.5) is 0 Å². The Bertz CT molecular complexity index is 1250. The average Bonchev–Trinajstić information content (AvgIpc) is 3.39. The van der Waals surface area contributed by atoms with Crippen molar-refractivity contribution in [1.29, 1.82) is 0 Å². The second-order valence-corrected chi connectivity index (χ2v) is 8.81. The Morgan fingerprint density at radius 3 is 2.55 bits per heavy atom. The van der Waals surface area contributed by atoms with Crippen molar-refractivity contribution in [3.8, 4) is 17.4 Å². The van der Waals surface area contributed by atoms with E-state index < -0.39 is 0 Å². The van der Waals surface area contributed by atoms with Crippen molar-refractivity contribution in [2.75, 3.05) is 26.9 Å². The topological polar surface area (TPSA) is 76.3 Å². The van der Waals surface area contributed by atoms with E-state index in [0.717, 1.165) is 48.1 Å². The molecule has 2 aromatic carbocycles. The number of fused-ring (bicyclic) bond motifs is 2. The SMILES string of the molecule is CCn1c(O)c(C(=NC2CCN(C)CC2)c2ccc3c(c2)OCO3)c2cc(C(C)=O)ccc21. The maximum Gasteiger partial charge on any atom is 0.231 e. The number of carbonyl (C=O) groups excluding carboxylic acids is 1. The lowest BCUT2D eigenvalue weighted by molar-refractivity contribution is 0.101. The zero-order valence-electron chi connectivity index (χ0n) is 19.3. The normalized spacial score (nSPS) is 17.1. The smallest absolute Gasteiger partial charge is 0.231 e. The van der Waals surface area contributed by atoms with Gasteiger partial charge in [0.25, 0.3) is 0 Å². The third kappa shape index (κ3) is 3.86. The first-order valence-electron chi connectivity index (χ1n) is 11.5. The Morgan fingerprint density at radius 2 is 1.82 bits per heavy atom. The first-order valence-corrected chi connectivity index (χ1v) is 11.5. The van der Waals surface area contributed by atoms with Gasteiger partial charge in [0.2, 0.25) is 12.7 Å². The number of hydrogen-bond donors (Lipinski definition) is 1. The van der Waals surface area contributed by atoms with Crippen LogP contribution < -0.4 is 9.47 Å². The van der Waals surface area contributed by atoms with E-state index >= 15 is 0 Å². The van der Waals surface area contributed by atoms with E-state index in [4.69, 9.17) is 14.5 Å². The minimum absolute atomic E-state index is 0.0107. The number of ether oxygens (including phenoxy) is 2. The van der Waals surface area contributed by atoms with Crippen LogP contribution in [0.1, 0.15) is 48.2 Å². The van der Waals surface area contributed by atoms with Gasteiger partial charge in [-0.05, 0) is 83.2 Å². The van der Waals surface area contributed by atoms with Crippen molar-refractivity contribution in [3.63, 3.8) is 0 Å². The lowest BCUT2D eigenvalue weighted by Gasteiger charge is -2.27. The molecule has 0 aliphatic carbocycles. The number of likely N-dealkylation sites (tertiary alicyclic amines) is 1. The van der Waals surface area contributed by atoms with E-state index in [0.29, 0.717) is 29.2 Å². The molecule has 1 fully saturated rings. The first kappa shape index (κ1) is 21.5. The summed E-state index contributed by atoms with van der Waals surface area (Å²) in [4.78, 5) is 19.7. The van der Waals surface area contributed by atoms with Crippen LogP contribution in [0.5, 0.6) is 17.4 Å². The molecule has 2 aliphatic heterocycles. The van der Waals surface area contributed by atoms with E-state index in [1.54, 1.807) is 6.92 Å². The van der Waals surface area contributed by atoms with Crippen molar-refractivity contribution in [1.82, 2.24) is 9.47 Å². The highest BCUT2D eigenvalue weighted by molar-refractivity contribution is 6.22. The second-order valence-electron chi connectivity index (χ2n) is 8.81. The number of nitrogens with zero attached hydrogens (tertiary/aromatic N) is 3. The fraction of sp³-hybridized carbons (Fsp3) is 0.385. The lowest BCUT2D eigenvalue weighted by Crippen LogP contribution is -2.32. The summed E-state index contributed by atoms with van der Waals surface area (Å²) in [6.45, 7) is 6.32. The predicted octanol–water partition coefficient (Wildman–Crippen LogP) is 4.23. The highest BCUT2D eigenvalue weighted by Gasteiger charge is 2.26. The van der Waals surface area contributed by atoms with Crippen molar-refractivity contribution >= 4 is 22.4 Å². The number of rotatable bonds is 5. The molecule has 1 N–H and O–H groups in total. The summed E-state index contributed by atoms with van der Waals surface area (Å²) in [5, 5.41) is 12.2. The van der Waals surface area contributed by atoms with Crippen LogP contribution in [0.2, 0.25) is 0 Å². The highest BCUT2D eigenvalue weighted by Crippen LogP contribution is 2.38. The molecule has 0 bridgehead atoms. The van der Waals surface area contributed by atoms with E-state index in [-0.39, 0.29) is 24.5 Å². The Hall–Kier alpha value is -3.32. The van der Waals surface area contributed by atoms with Crippen molar-refractivity contribution in [2.45, 2.75) is 39.3 Å². The third-order valence-corrected chi connectivity index (χ3v) is 6.64. The fourth-order valence-corrected chi connectivity index (χ4v) is 4.75. The molecule has 0 spiro atoms. The number of aromatic nitrogens is 1. The van der Waals surface area contributed by atoms with Gasteiger partial charge in [0.15, 0.2) is 17.3 Å². The molecule has 33 heavy (non-hydrogen) atoms. The molecule has 5 rings (SSSR count). The monoisotopic (exact) mass is 447 g/mol. The van der Waals surface area contributed by atoms with Gasteiger partial charge in [0, 0.05) is 23.1 Å². The molecular weight excluding hydrogens is 418 g/mol. The Morgan fingerprint density at radius 1 is 1.09 bits per heavy atom. The summed E-state index contributed by atoms with van der Waals surface area (Å²) in [6, 6.07) is 11.5. The number of aliphatic imine (C=N–C) groups is 1. The zero-order valence-corrected chi connectivity index (χ0v) is 19.3. The predicted molar refractivity (Wildman–Crippen MR) is 128 cm³/mol. The molecule has 7 heteroatoms. The lowest BCUT2D eigenvalue weighted by atomic mass is 9.97. The standard InChI is InChI=1S/C26H29N3O4/c1-4-29-21-7-5-17(16(2)30)13-20(21)24(26(29)31)25(27-19-9-11-28(3)12-10-19)18-6-8-22-23(14-18)33-15-32-22/h5-8,13-14,19,31H,4,9-12,15H2,1-3H3. The van der Waals surface area contributed by atoms with Gasteiger partial charge in [-0.1, -0.05) is 0 Å². The summed E-state index contributed by atoms with van der Waals surface area (Å²) in [7, 11) is 2.13. The van der Waals surface area contributed by atoms with Crippen LogP contribution in [-0.2, 0) is 6.54 Å². The molecule has 0 radical (unpaired) electrons. The van der Waals surface area contributed by atoms with Crippen LogP contribution in [0.25, 0.3) is 10.9 Å². The number of piperidine rings is 1. The Kier molecular flexibility index (Phi) is 5.58. The second kappa shape index (κ2) is 8.56. The average molecular weight is 448 g/mol. The van der Waals surface area contributed by atoms with Crippen LogP contribution in [-0.4, -0.2) is 59.0 Å². The number of hydrogen-bond acceptors (Lipinski definition) is 6. The molecule has 3 aromatic rings. The molecule has 0 atom stereocenters. The van der Waals surface area contributed by atoms with Gasteiger partial charge in [-0.25, -0.2) is 0 Å². The maximum absolute atomic E-state index is 12.1. The molecule has 7 nitrogen and oxygen atoms in total. The van der Waals surface area contributed by atoms with Crippen molar-refractivity contribution < 1.29 is 19.4 Å². The minimum Gasteiger partial charge on any atom is -0.494 e. The van der Waals surface area contributed by atoms with E-state index in [2.05, 4.69) is 11.9 Å². The summed E-state index contributed by atoms with van der Waals surface area (Å²) >= 11 is 0. The van der Waals surface area contributed by atoms with Gasteiger partial charge in [0.1, 0.15) is 0 Å². The van der Waals surface area contributed by atoms with Crippen LogP contribution in [0.3, 0.4) is 0 Å². The number of carbonyl (C=O) groups is 1. The van der Waals surface area contributed by atoms with Crippen LogP contribution in [0.15, 0.2) is 41.4 Å². The third-order valence-electron chi connectivity index (χ3n) is 6.64. The zero-order chi connectivity index (χ0) is 23.1. The molecule has 0 saturated carbocycles. The van der Waals surface area contributed by atoms with Crippen LogP contribution in [0, 0.1) is 0 Å². The van der Waals surface area contributed by atoms with Gasteiger partial charge >= 0.3 is 0 Å². The minimum atomic E-state index is -0.0107. The largest absolute Gasteiger partial charge is 0.494 e. The summed E-state index contributed by atoms with van der Waals surface area (Å²) in [5.41, 5.74) is 3.73. The molecule has 172 valence electrons. The van der Waals surface area contributed by atoms with E-state index in [9.17, 15) is 9.90 Å². The van der Waals surface area contributed by atoms with Crippen molar-refractivity contribution in [3.05, 3.63) is 53.1 Å². The number of ketones is 1. The van der Waals surface area contributed by atoms with Gasteiger partial charge in [-0.2, -0.15) is 0 Å². The van der Waals surface area contributed by atoms with Gasteiger partial charge in [0.05, 0.1) is 22.8 Å². The van der Waals surface area contributed by atoms with Crippen LogP contribution >= 0.6 is 0 Å². The number of aromatic hydroxyl groups is 1. The van der Waals surface area contributed by atoms with Gasteiger partial charge in [-0.3, -0.25) is 9.79 Å². The van der Waals surface area contributed by atoms with Gasteiger partial charge < -0.3 is 24.0 Å². The number of Topliss-reactive ketones (excluding diaryl/α,β-unsaturated/α-hetero) is 1. The molecule has 1 saturated heterocycles. The summed E-state index contributed by atoms with van der Waals surface area (Å²) in [6.07, 6.45) is 1.91. The number of benzene rings is 2. The molecule has 2 aliphatic rings. The van der Waals surface area contributed by atoms with Gasteiger partial charge in [-0.15, -0.1) is 0 Å². The first-order chi connectivity index (χ1) is 16.0. The molecule has 1 aromatic heterocycles. The molecule has 0 unspecified atom stereocenters. The van der Waals surface area contributed by atoms with E-state index in [1.165, 1.54) is 0 Å². The fourth-order valence-electron chi connectivity index (χ4n) is 4.75.